The summed E-state index contributed by atoms with van der Waals surface area (Å²) >= 11 is 0. The highest BCUT2D eigenvalue weighted by Gasteiger charge is 2.30. The van der Waals surface area contributed by atoms with Crippen molar-refractivity contribution in [3.63, 3.8) is 0 Å². The van der Waals surface area contributed by atoms with E-state index in [2.05, 4.69) is 4.74 Å². The zero-order valence-electron chi connectivity index (χ0n) is 13.0. The normalized spacial score (nSPS) is 11.6. The highest BCUT2D eigenvalue weighted by atomic mass is 16.5. The average Bonchev–Trinajstić information content (AvgIpc) is 2.81. The summed E-state index contributed by atoms with van der Waals surface area (Å²) in [6.07, 6.45) is 0. The number of ether oxygens (including phenoxy) is 1. The molecule has 0 amide bonds. The summed E-state index contributed by atoms with van der Waals surface area (Å²) in [5, 5.41) is 18.9. The van der Waals surface area contributed by atoms with Crippen molar-refractivity contribution in [1.29, 1.82) is 5.26 Å². The maximum atomic E-state index is 11.9. The second-order valence-electron chi connectivity index (χ2n) is 5.02. The van der Waals surface area contributed by atoms with Gasteiger partial charge in [0, 0.05) is 17.0 Å². The third-order valence-corrected chi connectivity index (χ3v) is 3.78. The fourth-order valence-corrected chi connectivity index (χ4v) is 2.79. The molecule has 0 fully saturated rings. The van der Waals surface area contributed by atoms with Crippen molar-refractivity contribution in [2.75, 3.05) is 7.11 Å². The van der Waals surface area contributed by atoms with Gasteiger partial charge >= 0.3 is 11.9 Å². The Bertz CT molecular complexity index is 800. The van der Waals surface area contributed by atoms with Crippen LogP contribution in [-0.4, -0.2) is 28.7 Å². The number of nitriles is 1. The maximum absolute atomic E-state index is 11.9. The minimum Gasteiger partial charge on any atom is -0.478 e. The van der Waals surface area contributed by atoms with Gasteiger partial charge < -0.3 is 14.4 Å². The van der Waals surface area contributed by atoms with Crippen LogP contribution in [0.15, 0.2) is 30.3 Å². The molecule has 1 aromatic carbocycles. The Morgan fingerprint density at radius 2 is 1.83 bits per heavy atom. The van der Waals surface area contributed by atoms with E-state index in [9.17, 15) is 20.0 Å². The molecule has 0 saturated heterocycles. The Balaban J connectivity index is 2.80. The highest BCUT2D eigenvalue weighted by Crippen LogP contribution is 2.34. The largest absolute Gasteiger partial charge is 0.478 e. The second-order valence-corrected chi connectivity index (χ2v) is 5.02. The fraction of sp³-hybridized carbons (Fsp3) is 0.235. The van der Waals surface area contributed by atoms with Gasteiger partial charge in [0.15, 0.2) is 0 Å². The molecule has 23 heavy (non-hydrogen) atoms. The van der Waals surface area contributed by atoms with Crippen molar-refractivity contribution in [3.8, 4) is 17.2 Å². The predicted octanol–water partition coefficient (Wildman–Crippen LogP) is 2.71. The van der Waals surface area contributed by atoms with Crippen LogP contribution in [0.4, 0.5) is 0 Å². The van der Waals surface area contributed by atoms with Crippen molar-refractivity contribution >= 4 is 11.9 Å². The molecule has 0 bridgehead atoms. The van der Waals surface area contributed by atoms with Crippen LogP contribution in [0, 0.1) is 25.2 Å². The standard InChI is InChI=1S/C17H16N2O4/c1-10-14(12-7-5-4-6-8-12)15(16(20)21)11(2)19(10)13(9-18)17(22)23-3/h4-8,13H,1-3H3,(H,20,21). The maximum Gasteiger partial charge on any atom is 0.343 e. The van der Waals surface area contributed by atoms with Crippen LogP contribution in [0.25, 0.3) is 11.1 Å². The molecule has 1 atom stereocenters. The van der Waals surface area contributed by atoms with Crippen LogP contribution in [0.3, 0.4) is 0 Å². The number of aromatic carboxylic acids is 1. The molecule has 1 N–H and O–H groups in total. The van der Waals surface area contributed by atoms with Crippen LogP contribution in [-0.2, 0) is 9.53 Å². The molecule has 6 nitrogen and oxygen atoms in total. The van der Waals surface area contributed by atoms with Crippen LogP contribution in [0.1, 0.15) is 27.8 Å². The van der Waals surface area contributed by atoms with E-state index >= 15 is 0 Å². The van der Waals surface area contributed by atoms with Gasteiger partial charge in [0.25, 0.3) is 0 Å². The molecule has 1 aromatic heterocycles. The van der Waals surface area contributed by atoms with Gasteiger partial charge in [-0.15, -0.1) is 0 Å². The van der Waals surface area contributed by atoms with E-state index in [-0.39, 0.29) is 5.56 Å². The first-order valence-corrected chi connectivity index (χ1v) is 6.91. The van der Waals surface area contributed by atoms with E-state index in [4.69, 9.17) is 0 Å². The Hall–Kier alpha value is -3.07. The van der Waals surface area contributed by atoms with E-state index in [1.165, 1.54) is 11.7 Å². The van der Waals surface area contributed by atoms with Crippen molar-refractivity contribution in [3.05, 3.63) is 47.3 Å². The molecule has 2 aromatic rings. The summed E-state index contributed by atoms with van der Waals surface area (Å²) < 4.78 is 6.07. The summed E-state index contributed by atoms with van der Waals surface area (Å²) in [7, 11) is 1.19. The van der Waals surface area contributed by atoms with Gasteiger partial charge in [-0.1, -0.05) is 30.3 Å². The number of carboxylic acid groups (broad SMARTS) is 1. The number of benzene rings is 1. The predicted molar refractivity (Wildman–Crippen MR) is 83.0 cm³/mol. The quantitative estimate of drug-likeness (QED) is 0.876. The third kappa shape index (κ3) is 2.69. The number of aromatic nitrogens is 1. The van der Waals surface area contributed by atoms with E-state index in [1.807, 2.05) is 12.1 Å². The molecule has 0 aliphatic heterocycles. The van der Waals surface area contributed by atoms with Gasteiger partial charge in [0.1, 0.15) is 6.07 Å². The van der Waals surface area contributed by atoms with Gasteiger partial charge in [-0.05, 0) is 19.4 Å². The number of esters is 1. The minimum atomic E-state index is -1.23. The smallest absolute Gasteiger partial charge is 0.343 e. The molecule has 0 radical (unpaired) electrons. The van der Waals surface area contributed by atoms with Crippen molar-refractivity contribution in [2.24, 2.45) is 0 Å². The lowest BCUT2D eigenvalue weighted by atomic mass is 10.0. The highest BCUT2D eigenvalue weighted by molar-refractivity contribution is 5.99. The number of hydrogen-bond acceptors (Lipinski definition) is 4. The molecule has 0 aliphatic carbocycles. The number of methoxy groups -OCH3 is 1. The SMILES string of the molecule is COC(=O)C(C#N)n1c(C)c(C(=O)O)c(-c2ccccc2)c1C. The summed E-state index contributed by atoms with van der Waals surface area (Å²) in [6, 6.07) is 9.66. The zero-order valence-corrected chi connectivity index (χ0v) is 13.0. The molecular weight excluding hydrogens is 296 g/mol. The van der Waals surface area contributed by atoms with E-state index in [0.29, 0.717) is 22.5 Å². The van der Waals surface area contributed by atoms with Crippen LogP contribution in [0.5, 0.6) is 0 Å². The minimum absolute atomic E-state index is 0.0813. The molecule has 1 heterocycles. The molecule has 6 heteroatoms. The zero-order chi connectivity index (χ0) is 17.1. The molecule has 118 valence electrons. The fourth-order valence-electron chi connectivity index (χ4n) is 2.79. The monoisotopic (exact) mass is 312 g/mol. The van der Waals surface area contributed by atoms with E-state index < -0.39 is 18.0 Å². The summed E-state index contributed by atoms with van der Waals surface area (Å²) in [5.41, 5.74) is 2.16. The molecule has 0 spiro atoms. The number of hydrogen-bond donors (Lipinski definition) is 1. The Morgan fingerprint density at radius 1 is 1.22 bits per heavy atom. The molecule has 0 saturated carbocycles. The van der Waals surface area contributed by atoms with Crippen LogP contribution in [0.2, 0.25) is 0 Å². The Kier molecular flexibility index (Phi) is 4.51. The third-order valence-electron chi connectivity index (χ3n) is 3.78. The number of carbonyl (C=O) groups excluding carboxylic acids is 1. The average molecular weight is 312 g/mol. The van der Waals surface area contributed by atoms with Gasteiger partial charge in [0.2, 0.25) is 6.04 Å². The van der Waals surface area contributed by atoms with Crippen molar-refractivity contribution in [1.82, 2.24) is 4.57 Å². The second kappa shape index (κ2) is 6.36. The molecular formula is C17H16N2O4. The molecule has 2 rings (SSSR count). The summed E-state index contributed by atoms with van der Waals surface area (Å²) in [6.45, 7) is 3.27. The van der Waals surface area contributed by atoms with Crippen LogP contribution >= 0.6 is 0 Å². The number of carbonyl (C=O) groups is 2. The number of carboxylic acids is 1. The lowest BCUT2D eigenvalue weighted by Crippen LogP contribution is -2.21. The van der Waals surface area contributed by atoms with Gasteiger partial charge in [-0.2, -0.15) is 5.26 Å². The van der Waals surface area contributed by atoms with Crippen LogP contribution < -0.4 is 0 Å². The van der Waals surface area contributed by atoms with E-state index in [0.717, 1.165) is 0 Å². The first-order valence-electron chi connectivity index (χ1n) is 6.91. The first-order chi connectivity index (χ1) is 10.9. The topological polar surface area (TPSA) is 92.3 Å². The van der Waals surface area contributed by atoms with Gasteiger partial charge in [-0.3, -0.25) is 0 Å². The van der Waals surface area contributed by atoms with Gasteiger partial charge in [0.05, 0.1) is 12.7 Å². The first kappa shape index (κ1) is 16.3. The van der Waals surface area contributed by atoms with Crippen molar-refractivity contribution in [2.45, 2.75) is 19.9 Å². The number of rotatable bonds is 4. The number of nitrogens with zero attached hydrogens (tertiary/aromatic N) is 2. The Labute approximate surface area is 133 Å². The lowest BCUT2D eigenvalue weighted by Gasteiger charge is -2.14. The van der Waals surface area contributed by atoms with E-state index in [1.54, 1.807) is 38.1 Å². The Morgan fingerprint density at radius 3 is 2.30 bits per heavy atom. The lowest BCUT2D eigenvalue weighted by molar-refractivity contribution is -0.142. The molecule has 1 unspecified atom stereocenters. The molecule has 0 aliphatic rings. The van der Waals surface area contributed by atoms with Crippen molar-refractivity contribution < 1.29 is 19.4 Å². The summed E-state index contributed by atoms with van der Waals surface area (Å²) in [5.74, 6) is -1.84. The summed E-state index contributed by atoms with van der Waals surface area (Å²) in [4.78, 5) is 23.6. The van der Waals surface area contributed by atoms with Gasteiger partial charge in [-0.25, -0.2) is 9.59 Å².